The van der Waals surface area contributed by atoms with Gasteiger partial charge in [-0.25, -0.2) is 17.5 Å². The van der Waals surface area contributed by atoms with E-state index in [4.69, 9.17) is 0 Å². The largest absolute Gasteiger partial charge is 0.338 e. The summed E-state index contributed by atoms with van der Waals surface area (Å²) in [5.74, 6) is -0.269. The van der Waals surface area contributed by atoms with E-state index in [9.17, 15) is 17.6 Å². The number of hydrogen-bond donors (Lipinski definition) is 1. The molecule has 1 aliphatic heterocycles. The Morgan fingerprint density at radius 3 is 2.96 bits per heavy atom. The van der Waals surface area contributed by atoms with E-state index in [-0.39, 0.29) is 17.6 Å². The Hall–Kier alpha value is -1.51. The minimum Gasteiger partial charge on any atom is -0.338 e. The Kier molecular flexibility index (Phi) is 4.89. The molecule has 8 heteroatoms. The van der Waals surface area contributed by atoms with E-state index in [1.807, 2.05) is 0 Å². The summed E-state index contributed by atoms with van der Waals surface area (Å²) in [5, 5.41) is 0.732. The molecule has 0 bridgehead atoms. The number of nitrogens with zero attached hydrogens (tertiary/aromatic N) is 1. The van der Waals surface area contributed by atoms with Crippen molar-refractivity contribution in [1.82, 2.24) is 9.62 Å². The van der Waals surface area contributed by atoms with Gasteiger partial charge in [0, 0.05) is 24.3 Å². The van der Waals surface area contributed by atoms with Crippen LogP contribution >= 0.6 is 11.3 Å². The predicted octanol–water partition coefficient (Wildman–Crippen LogP) is 2.44. The zero-order valence-electron chi connectivity index (χ0n) is 13.3. The lowest BCUT2D eigenvalue weighted by atomic mass is 9.98. The molecule has 2 aromatic rings. The summed E-state index contributed by atoms with van der Waals surface area (Å²) >= 11 is 1.36. The maximum absolute atomic E-state index is 13.3. The SMILES string of the molecule is CS(=O)(=O)NCC1CCCN(C(=O)c2cc3cc(F)ccc3s2)C1. The van der Waals surface area contributed by atoms with E-state index in [2.05, 4.69) is 4.72 Å². The second-order valence-corrected chi connectivity index (χ2v) is 9.09. The lowest BCUT2D eigenvalue weighted by molar-refractivity contribution is 0.0681. The smallest absolute Gasteiger partial charge is 0.263 e. The van der Waals surface area contributed by atoms with Gasteiger partial charge in [0.05, 0.1) is 11.1 Å². The van der Waals surface area contributed by atoms with Gasteiger partial charge in [0.25, 0.3) is 5.91 Å². The number of fused-ring (bicyclic) bond motifs is 1. The standard InChI is InChI=1S/C16H19FN2O3S2/c1-24(21,22)18-9-11-3-2-6-19(10-11)16(20)15-8-12-7-13(17)4-5-14(12)23-15/h4-5,7-8,11,18H,2-3,6,9-10H2,1H3. The normalized spacial score (nSPS) is 18.9. The van der Waals surface area contributed by atoms with Crippen molar-refractivity contribution in [3.8, 4) is 0 Å². The van der Waals surface area contributed by atoms with Crippen LogP contribution in [0.1, 0.15) is 22.5 Å². The molecule has 1 aromatic carbocycles. The third-order valence-electron chi connectivity index (χ3n) is 4.13. The summed E-state index contributed by atoms with van der Waals surface area (Å²) in [5.41, 5.74) is 0. The minimum absolute atomic E-state index is 0.0688. The summed E-state index contributed by atoms with van der Waals surface area (Å²) in [6.45, 7) is 1.54. The molecule has 0 saturated carbocycles. The number of benzene rings is 1. The number of nitrogens with one attached hydrogen (secondary N) is 1. The van der Waals surface area contributed by atoms with Crippen molar-refractivity contribution in [2.24, 2.45) is 5.92 Å². The highest BCUT2D eigenvalue weighted by molar-refractivity contribution is 7.88. The van der Waals surface area contributed by atoms with Gasteiger partial charge in [-0.05, 0) is 48.4 Å². The van der Waals surface area contributed by atoms with Gasteiger partial charge < -0.3 is 4.90 Å². The van der Waals surface area contributed by atoms with Crippen molar-refractivity contribution in [3.05, 3.63) is 35.0 Å². The van der Waals surface area contributed by atoms with Crippen LogP contribution in [0.5, 0.6) is 0 Å². The number of piperidine rings is 1. The molecule has 1 N–H and O–H groups in total. The topological polar surface area (TPSA) is 66.5 Å². The molecule has 0 spiro atoms. The molecule has 2 heterocycles. The fraction of sp³-hybridized carbons (Fsp3) is 0.438. The highest BCUT2D eigenvalue weighted by Crippen LogP contribution is 2.28. The molecule has 3 rings (SSSR count). The Bertz CT molecular complexity index is 863. The molecular formula is C16H19FN2O3S2. The Labute approximate surface area is 144 Å². The van der Waals surface area contributed by atoms with E-state index >= 15 is 0 Å². The quantitative estimate of drug-likeness (QED) is 0.899. The van der Waals surface area contributed by atoms with Crippen LogP contribution in [0.3, 0.4) is 0 Å². The third kappa shape index (κ3) is 4.12. The van der Waals surface area contributed by atoms with Crippen LogP contribution in [0.2, 0.25) is 0 Å². The van der Waals surface area contributed by atoms with Crippen molar-refractivity contribution >= 4 is 37.4 Å². The lowest BCUT2D eigenvalue weighted by Crippen LogP contribution is -2.43. The zero-order chi connectivity index (χ0) is 17.3. The second kappa shape index (κ2) is 6.78. The van der Waals surface area contributed by atoms with Crippen LogP contribution < -0.4 is 4.72 Å². The molecule has 1 unspecified atom stereocenters. The van der Waals surface area contributed by atoms with Gasteiger partial charge in [-0.1, -0.05) is 0 Å². The fourth-order valence-electron chi connectivity index (χ4n) is 2.96. The number of carbonyl (C=O) groups is 1. The highest BCUT2D eigenvalue weighted by Gasteiger charge is 2.26. The first kappa shape index (κ1) is 17.3. The number of likely N-dealkylation sites (tertiary alicyclic amines) is 1. The number of thiophene rings is 1. The first-order valence-corrected chi connectivity index (χ1v) is 10.5. The maximum atomic E-state index is 13.3. The molecule has 1 saturated heterocycles. The summed E-state index contributed by atoms with van der Waals surface area (Å²) in [7, 11) is -3.22. The van der Waals surface area contributed by atoms with E-state index in [0.717, 1.165) is 29.2 Å². The van der Waals surface area contributed by atoms with E-state index in [1.165, 1.54) is 23.5 Å². The summed E-state index contributed by atoms with van der Waals surface area (Å²) < 4.78 is 39.1. The average molecular weight is 370 g/mol. The van der Waals surface area contributed by atoms with Crippen LogP contribution in [0.15, 0.2) is 24.3 Å². The van der Waals surface area contributed by atoms with E-state index < -0.39 is 10.0 Å². The van der Waals surface area contributed by atoms with Gasteiger partial charge >= 0.3 is 0 Å². The van der Waals surface area contributed by atoms with Gasteiger partial charge in [-0.2, -0.15) is 0 Å². The molecule has 24 heavy (non-hydrogen) atoms. The lowest BCUT2D eigenvalue weighted by Gasteiger charge is -2.32. The number of halogens is 1. The number of rotatable bonds is 4. The summed E-state index contributed by atoms with van der Waals surface area (Å²) in [6.07, 6.45) is 2.88. The van der Waals surface area contributed by atoms with Crippen LogP contribution in [0, 0.1) is 11.7 Å². The van der Waals surface area contributed by atoms with Crippen molar-refractivity contribution in [2.45, 2.75) is 12.8 Å². The first-order chi connectivity index (χ1) is 11.3. The Morgan fingerprint density at radius 2 is 2.21 bits per heavy atom. The Balaban J connectivity index is 1.71. The number of carbonyl (C=O) groups excluding carboxylic acids is 1. The van der Waals surface area contributed by atoms with Crippen LogP contribution in [-0.2, 0) is 10.0 Å². The molecule has 1 aromatic heterocycles. The molecule has 0 radical (unpaired) electrons. The van der Waals surface area contributed by atoms with Crippen LogP contribution in [0.4, 0.5) is 4.39 Å². The zero-order valence-corrected chi connectivity index (χ0v) is 14.9. The molecular weight excluding hydrogens is 351 g/mol. The molecule has 1 aliphatic rings. The summed E-state index contributed by atoms with van der Waals surface area (Å²) in [4.78, 5) is 15.1. The highest BCUT2D eigenvalue weighted by atomic mass is 32.2. The molecule has 130 valence electrons. The van der Waals surface area contributed by atoms with E-state index in [1.54, 1.807) is 17.0 Å². The first-order valence-electron chi connectivity index (χ1n) is 7.75. The monoisotopic (exact) mass is 370 g/mol. The number of hydrogen-bond acceptors (Lipinski definition) is 4. The molecule has 0 aliphatic carbocycles. The molecule has 1 amide bonds. The van der Waals surface area contributed by atoms with Gasteiger partial charge in [0.15, 0.2) is 0 Å². The molecule has 5 nitrogen and oxygen atoms in total. The third-order valence-corrected chi connectivity index (χ3v) is 5.92. The van der Waals surface area contributed by atoms with Gasteiger partial charge in [-0.3, -0.25) is 4.79 Å². The molecule has 1 atom stereocenters. The van der Waals surface area contributed by atoms with Crippen molar-refractivity contribution in [1.29, 1.82) is 0 Å². The van der Waals surface area contributed by atoms with Crippen LogP contribution in [-0.4, -0.2) is 45.1 Å². The fourth-order valence-corrected chi connectivity index (χ4v) is 4.51. The maximum Gasteiger partial charge on any atom is 0.263 e. The van der Waals surface area contributed by atoms with Crippen molar-refractivity contribution in [3.63, 3.8) is 0 Å². The van der Waals surface area contributed by atoms with Gasteiger partial charge in [0.2, 0.25) is 10.0 Å². The molecule has 1 fully saturated rings. The van der Waals surface area contributed by atoms with Gasteiger partial charge in [-0.15, -0.1) is 11.3 Å². The second-order valence-electron chi connectivity index (χ2n) is 6.17. The van der Waals surface area contributed by atoms with Crippen molar-refractivity contribution < 1.29 is 17.6 Å². The summed E-state index contributed by atoms with van der Waals surface area (Å²) in [6, 6.07) is 6.23. The number of amides is 1. The Morgan fingerprint density at radius 1 is 1.42 bits per heavy atom. The van der Waals surface area contributed by atoms with Gasteiger partial charge in [0.1, 0.15) is 5.82 Å². The minimum atomic E-state index is -3.22. The van der Waals surface area contributed by atoms with Crippen LogP contribution in [0.25, 0.3) is 10.1 Å². The predicted molar refractivity (Wildman–Crippen MR) is 93.3 cm³/mol. The average Bonchev–Trinajstić information content (AvgIpc) is 2.95. The number of sulfonamides is 1. The van der Waals surface area contributed by atoms with E-state index in [0.29, 0.717) is 24.5 Å². The van der Waals surface area contributed by atoms with Crippen molar-refractivity contribution in [2.75, 3.05) is 25.9 Å².